The van der Waals surface area contributed by atoms with Crippen LogP contribution in [-0.4, -0.2) is 10.9 Å². The summed E-state index contributed by atoms with van der Waals surface area (Å²) in [4.78, 5) is 16.0. The molecular weight excluding hydrogens is 282 g/mol. The summed E-state index contributed by atoms with van der Waals surface area (Å²) in [5, 5.41) is 2.91. The summed E-state index contributed by atoms with van der Waals surface area (Å²) in [6, 6.07) is 10.7. The van der Waals surface area contributed by atoms with E-state index in [1.54, 1.807) is 30.3 Å². The van der Waals surface area contributed by atoms with E-state index in [4.69, 9.17) is 0 Å². The molecule has 0 saturated carbocycles. The highest BCUT2D eigenvalue weighted by Crippen LogP contribution is 2.28. The topological polar surface area (TPSA) is 42.0 Å². The fourth-order valence-corrected chi connectivity index (χ4v) is 2.60. The average Bonchev–Trinajstić information content (AvgIpc) is 2.81. The van der Waals surface area contributed by atoms with Crippen molar-refractivity contribution >= 4 is 32.6 Å². The zero-order chi connectivity index (χ0) is 14.1. The molecule has 100 valence electrons. The van der Waals surface area contributed by atoms with E-state index in [-0.39, 0.29) is 5.91 Å². The summed E-state index contributed by atoms with van der Waals surface area (Å²) >= 11 is 1.09. The molecule has 3 nitrogen and oxygen atoms in total. The van der Waals surface area contributed by atoms with Crippen LogP contribution in [0.15, 0.2) is 42.5 Å². The van der Waals surface area contributed by atoms with E-state index in [2.05, 4.69) is 10.3 Å². The van der Waals surface area contributed by atoms with E-state index in [1.165, 1.54) is 0 Å². The smallest absolute Gasteiger partial charge is 0.257 e. The van der Waals surface area contributed by atoms with Gasteiger partial charge in [0.25, 0.3) is 5.91 Å². The standard InChI is InChI=1S/C14H8F2N2OS/c15-9-6-11-12(7-10(9)16)20-14(17-11)18-13(19)8-4-2-1-3-5-8/h1-7H,(H,17,18,19). The predicted octanol–water partition coefficient (Wildman–Crippen LogP) is 3.83. The van der Waals surface area contributed by atoms with Crippen LogP contribution in [0.3, 0.4) is 0 Å². The zero-order valence-corrected chi connectivity index (χ0v) is 10.9. The quantitative estimate of drug-likeness (QED) is 0.779. The van der Waals surface area contributed by atoms with Gasteiger partial charge in [-0.1, -0.05) is 29.5 Å². The number of benzene rings is 2. The molecule has 3 rings (SSSR count). The molecule has 1 amide bonds. The van der Waals surface area contributed by atoms with Crippen molar-refractivity contribution in [1.29, 1.82) is 0 Å². The summed E-state index contributed by atoms with van der Waals surface area (Å²) in [5.74, 6) is -2.20. The predicted molar refractivity (Wildman–Crippen MR) is 73.9 cm³/mol. The van der Waals surface area contributed by atoms with Gasteiger partial charge in [-0.05, 0) is 18.2 Å². The highest BCUT2D eigenvalue weighted by Gasteiger charge is 2.12. The molecule has 6 heteroatoms. The Morgan fingerprint density at radius 3 is 2.55 bits per heavy atom. The molecule has 3 aromatic rings. The van der Waals surface area contributed by atoms with Gasteiger partial charge in [0, 0.05) is 11.6 Å². The molecule has 0 fully saturated rings. The number of rotatable bonds is 2. The lowest BCUT2D eigenvalue weighted by atomic mass is 10.2. The fourth-order valence-electron chi connectivity index (χ4n) is 1.74. The number of thiazole rings is 1. The van der Waals surface area contributed by atoms with Gasteiger partial charge in [-0.15, -0.1) is 0 Å². The van der Waals surface area contributed by atoms with Gasteiger partial charge in [-0.3, -0.25) is 10.1 Å². The van der Waals surface area contributed by atoms with Crippen molar-refractivity contribution in [1.82, 2.24) is 4.98 Å². The van der Waals surface area contributed by atoms with Gasteiger partial charge in [0.2, 0.25) is 0 Å². The minimum atomic E-state index is -0.955. The van der Waals surface area contributed by atoms with Crippen LogP contribution in [0.25, 0.3) is 10.2 Å². The first kappa shape index (κ1) is 12.7. The maximum absolute atomic E-state index is 13.1. The van der Waals surface area contributed by atoms with Crippen LogP contribution in [0.4, 0.5) is 13.9 Å². The number of aromatic nitrogens is 1. The van der Waals surface area contributed by atoms with E-state index < -0.39 is 11.6 Å². The molecule has 0 saturated heterocycles. The Hall–Kier alpha value is -2.34. The summed E-state index contributed by atoms with van der Waals surface area (Å²) < 4.78 is 26.7. The minimum Gasteiger partial charge on any atom is -0.298 e. The number of nitrogens with one attached hydrogen (secondary N) is 1. The maximum Gasteiger partial charge on any atom is 0.257 e. The first-order valence-electron chi connectivity index (χ1n) is 5.75. The number of halogens is 2. The van der Waals surface area contributed by atoms with E-state index in [0.29, 0.717) is 20.9 Å². The number of hydrogen-bond acceptors (Lipinski definition) is 3. The van der Waals surface area contributed by atoms with Crippen molar-refractivity contribution in [2.45, 2.75) is 0 Å². The molecule has 0 aliphatic rings. The Balaban J connectivity index is 1.90. The summed E-state index contributed by atoms with van der Waals surface area (Å²) in [6.07, 6.45) is 0. The third-order valence-electron chi connectivity index (χ3n) is 2.69. The largest absolute Gasteiger partial charge is 0.298 e. The molecule has 1 N–H and O–H groups in total. The lowest BCUT2D eigenvalue weighted by Crippen LogP contribution is -2.11. The van der Waals surface area contributed by atoms with Gasteiger partial charge < -0.3 is 0 Å². The van der Waals surface area contributed by atoms with Gasteiger partial charge in [0.1, 0.15) is 0 Å². The first-order chi connectivity index (χ1) is 9.63. The van der Waals surface area contributed by atoms with Crippen LogP contribution in [0.5, 0.6) is 0 Å². The van der Waals surface area contributed by atoms with E-state index in [1.807, 2.05) is 0 Å². The third kappa shape index (κ3) is 2.37. The maximum atomic E-state index is 13.1. The van der Waals surface area contributed by atoms with Crippen molar-refractivity contribution in [2.75, 3.05) is 5.32 Å². The van der Waals surface area contributed by atoms with Crippen LogP contribution in [-0.2, 0) is 0 Å². The van der Waals surface area contributed by atoms with Crippen molar-refractivity contribution in [3.8, 4) is 0 Å². The minimum absolute atomic E-state index is 0.304. The molecule has 0 aliphatic heterocycles. The second-order valence-electron chi connectivity index (χ2n) is 4.07. The molecule has 20 heavy (non-hydrogen) atoms. The van der Waals surface area contributed by atoms with Crippen molar-refractivity contribution < 1.29 is 13.6 Å². The van der Waals surface area contributed by atoms with Gasteiger partial charge in [-0.2, -0.15) is 0 Å². The lowest BCUT2D eigenvalue weighted by Gasteiger charge is -2.00. The SMILES string of the molecule is O=C(Nc1nc2cc(F)c(F)cc2s1)c1ccccc1. The molecule has 0 unspecified atom stereocenters. The van der Waals surface area contributed by atoms with E-state index >= 15 is 0 Å². The molecule has 0 bridgehead atoms. The fraction of sp³-hybridized carbons (Fsp3) is 0. The Morgan fingerprint density at radius 2 is 1.80 bits per heavy atom. The number of nitrogens with zero attached hydrogens (tertiary/aromatic N) is 1. The lowest BCUT2D eigenvalue weighted by molar-refractivity contribution is 0.102. The molecule has 0 atom stereocenters. The second-order valence-corrected chi connectivity index (χ2v) is 5.10. The summed E-state index contributed by atoms with van der Waals surface area (Å²) in [7, 11) is 0. The third-order valence-corrected chi connectivity index (χ3v) is 3.62. The highest BCUT2D eigenvalue weighted by molar-refractivity contribution is 7.22. The first-order valence-corrected chi connectivity index (χ1v) is 6.57. The van der Waals surface area contributed by atoms with Gasteiger partial charge in [-0.25, -0.2) is 13.8 Å². The number of hydrogen-bond donors (Lipinski definition) is 1. The normalized spacial score (nSPS) is 10.7. The van der Waals surface area contributed by atoms with Gasteiger partial charge >= 0.3 is 0 Å². The molecule has 0 spiro atoms. The number of anilines is 1. The molecular formula is C14H8F2N2OS. The van der Waals surface area contributed by atoms with Crippen LogP contribution in [0, 0.1) is 11.6 Å². The summed E-state index contributed by atoms with van der Waals surface area (Å²) in [5.41, 5.74) is 0.807. The van der Waals surface area contributed by atoms with Crippen molar-refractivity contribution in [3.63, 3.8) is 0 Å². The van der Waals surface area contributed by atoms with Crippen LogP contribution in [0.2, 0.25) is 0 Å². The number of amides is 1. The molecule has 0 radical (unpaired) electrons. The number of carbonyl (C=O) groups excluding carboxylic acids is 1. The molecule has 0 aliphatic carbocycles. The van der Waals surface area contributed by atoms with Crippen LogP contribution in [0.1, 0.15) is 10.4 Å². The van der Waals surface area contributed by atoms with E-state index in [0.717, 1.165) is 23.5 Å². The van der Waals surface area contributed by atoms with Crippen LogP contribution < -0.4 is 5.32 Å². The van der Waals surface area contributed by atoms with Crippen molar-refractivity contribution in [2.24, 2.45) is 0 Å². The Morgan fingerprint density at radius 1 is 1.10 bits per heavy atom. The number of fused-ring (bicyclic) bond motifs is 1. The van der Waals surface area contributed by atoms with Crippen molar-refractivity contribution in [3.05, 3.63) is 59.7 Å². The monoisotopic (exact) mass is 290 g/mol. The number of carbonyl (C=O) groups is 1. The second kappa shape index (κ2) is 4.97. The Kier molecular flexibility index (Phi) is 3.15. The average molecular weight is 290 g/mol. The van der Waals surface area contributed by atoms with Gasteiger partial charge in [0.15, 0.2) is 16.8 Å². The zero-order valence-electron chi connectivity index (χ0n) is 10.1. The van der Waals surface area contributed by atoms with E-state index in [9.17, 15) is 13.6 Å². The Bertz CT molecular complexity index is 747. The van der Waals surface area contributed by atoms with Gasteiger partial charge in [0.05, 0.1) is 10.2 Å². The highest BCUT2D eigenvalue weighted by atomic mass is 32.1. The molecule has 1 aromatic heterocycles. The van der Waals surface area contributed by atoms with Crippen LogP contribution >= 0.6 is 11.3 Å². The summed E-state index contributed by atoms with van der Waals surface area (Å²) in [6.45, 7) is 0. The molecule has 2 aromatic carbocycles. The Labute approximate surface area is 116 Å². The molecule has 1 heterocycles.